The minimum absolute atomic E-state index is 0.943. The van der Waals surface area contributed by atoms with E-state index in [9.17, 15) is 0 Å². The van der Waals surface area contributed by atoms with Gasteiger partial charge in [-0.2, -0.15) is 0 Å². The van der Waals surface area contributed by atoms with Crippen LogP contribution < -0.4 is 4.52 Å². The van der Waals surface area contributed by atoms with Crippen LogP contribution in [0.25, 0.3) is 0 Å². The van der Waals surface area contributed by atoms with Crippen molar-refractivity contribution in [2.75, 3.05) is 0 Å². The van der Waals surface area contributed by atoms with Crippen LogP contribution in [0.2, 0.25) is 0 Å². The molecule has 0 aliphatic rings. The van der Waals surface area contributed by atoms with Gasteiger partial charge < -0.3 is 4.52 Å². The van der Waals surface area contributed by atoms with Crippen molar-refractivity contribution < 1.29 is 4.52 Å². The Morgan fingerprint density at radius 2 is 1.73 bits per heavy atom. The van der Waals surface area contributed by atoms with E-state index in [2.05, 4.69) is 36.3 Å². The Morgan fingerprint density at radius 3 is 2.27 bits per heavy atom. The first kappa shape index (κ1) is 8.55. The number of aryl methyl sites for hydroxylation is 1. The zero-order valence-corrected chi connectivity index (χ0v) is 8.29. The van der Waals surface area contributed by atoms with Crippen molar-refractivity contribution in [3.05, 3.63) is 28.8 Å². The van der Waals surface area contributed by atoms with E-state index in [1.807, 2.05) is 6.07 Å². The number of hydrogen-bond donors (Lipinski definition) is 0. The summed E-state index contributed by atoms with van der Waals surface area (Å²) in [6.45, 7) is 6.29. The van der Waals surface area contributed by atoms with Gasteiger partial charge in [-0.1, -0.05) is 6.07 Å². The molecule has 0 aromatic heterocycles. The highest BCUT2D eigenvalue weighted by atomic mass is 31.0. The maximum absolute atomic E-state index is 5.10. The summed E-state index contributed by atoms with van der Waals surface area (Å²) in [4.78, 5) is 0. The highest BCUT2D eigenvalue weighted by molar-refractivity contribution is 7.10. The van der Waals surface area contributed by atoms with Crippen molar-refractivity contribution in [2.45, 2.75) is 20.8 Å². The first-order valence-electron chi connectivity index (χ1n) is 3.60. The summed E-state index contributed by atoms with van der Waals surface area (Å²) in [5.41, 5.74) is 3.85. The van der Waals surface area contributed by atoms with Crippen LogP contribution in [-0.4, -0.2) is 0 Å². The maximum Gasteiger partial charge on any atom is 0.125 e. The summed E-state index contributed by atoms with van der Waals surface area (Å²) in [7, 11) is 2.27. The van der Waals surface area contributed by atoms with Crippen LogP contribution in [0.5, 0.6) is 5.75 Å². The van der Waals surface area contributed by atoms with E-state index in [1.165, 1.54) is 16.7 Å². The third-order valence-corrected chi connectivity index (χ3v) is 2.39. The molecule has 0 radical (unpaired) electrons. The van der Waals surface area contributed by atoms with Crippen LogP contribution in [0.4, 0.5) is 0 Å². The lowest BCUT2D eigenvalue weighted by molar-refractivity contribution is 0.638. The molecule has 0 spiro atoms. The van der Waals surface area contributed by atoms with E-state index in [1.54, 1.807) is 0 Å². The van der Waals surface area contributed by atoms with Gasteiger partial charge in [0, 0.05) is 0 Å². The maximum atomic E-state index is 5.10. The molecule has 1 nitrogen and oxygen atoms in total. The Bertz CT molecular complexity index is 269. The predicted octanol–water partition coefficient (Wildman–Crippen LogP) is 2.78. The van der Waals surface area contributed by atoms with Gasteiger partial charge in [0.15, 0.2) is 0 Å². The Hall–Kier alpha value is -0.550. The molecule has 1 atom stereocenters. The molecule has 0 saturated heterocycles. The summed E-state index contributed by atoms with van der Waals surface area (Å²) in [6, 6.07) is 4.06. The lowest BCUT2D eigenvalue weighted by Crippen LogP contribution is -1.88. The molecule has 2 heteroatoms. The van der Waals surface area contributed by atoms with Crippen molar-refractivity contribution in [1.29, 1.82) is 0 Å². The molecule has 0 amide bonds. The first-order chi connectivity index (χ1) is 5.16. The van der Waals surface area contributed by atoms with Crippen molar-refractivity contribution in [1.82, 2.24) is 0 Å². The highest BCUT2D eigenvalue weighted by Crippen LogP contribution is 2.24. The van der Waals surface area contributed by atoms with Crippen molar-refractivity contribution in [3.8, 4) is 5.75 Å². The third-order valence-electron chi connectivity index (χ3n) is 2.14. The smallest absolute Gasteiger partial charge is 0.125 e. The van der Waals surface area contributed by atoms with E-state index < -0.39 is 0 Å². The van der Waals surface area contributed by atoms with Crippen LogP contribution in [0.15, 0.2) is 12.1 Å². The molecule has 0 bridgehead atoms. The van der Waals surface area contributed by atoms with Crippen LogP contribution in [0, 0.1) is 20.8 Å². The summed E-state index contributed by atoms with van der Waals surface area (Å²) >= 11 is 0. The van der Waals surface area contributed by atoms with Gasteiger partial charge in [0.2, 0.25) is 0 Å². The van der Waals surface area contributed by atoms with Crippen LogP contribution in [0.1, 0.15) is 16.7 Å². The fraction of sp³-hybridized carbons (Fsp3) is 0.333. The fourth-order valence-corrected chi connectivity index (χ4v) is 1.31. The Balaban J connectivity index is 3.25. The molecule has 0 N–H and O–H groups in total. The van der Waals surface area contributed by atoms with E-state index in [0.29, 0.717) is 0 Å². The summed E-state index contributed by atoms with van der Waals surface area (Å²) in [5.74, 6) is 0.943. The molecule has 1 unspecified atom stereocenters. The standard InChI is InChI=1S/C9H13OP/c1-6-4-5-9(10-11)8(3)7(6)2/h4-5H,11H2,1-3H3. The van der Waals surface area contributed by atoms with Gasteiger partial charge in [-0.05, 0) is 43.5 Å². The van der Waals surface area contributed by atoms with Crippen molar-refractivity contribution >= 4 is 9.47 Å². The molecule has 0 heterocycles. The normalized spacial score (nSPS) is 9.82. The second-order valence-electron chi connectivity index (χ2n) is 2.75. The Morgan fingerprint density at radius 1 is 1.09 bits per heavy atom. The number of hydrogen-bond acceptors (Lipinski definition) is 1. The van der Waals surface area contributed by atoms with Gasteiger partial charge in [-0.3, -0.25) is 0 Å². The van der Waals surface area contributed by atoms with E-state index in [-0.39, 0.29) is 0 Å². The van der Waals surface area contributed by atoms with Crippen LogP contribution in [-0.2, 0) is 0 Å². The molecule has 1 aromatic rings. The Labute approximate surface area is 70.1 Å². The number of rotatable bonds is 1. The second-order valence-corrected chi connectivity index (χ2v) is 2.98. The van der Waals surface area contributed by atoms with E-state index >= 15 is 0 Å². The van der Waals surface area contributed by atoms with E-state index in [0.717, 1.165) is 5.75 Å². The molecule has 0 fully saturated rings. The SMILES string of the molecule is Cc1ccc(OP)c(C)c1C. The molecule has 60 valence electrons. The van der Waals surface area contributed by atoms with Gasteiger partial charge in [-0.15, -0.1) is 0 Å². The molecular formula is C9H13OP. The zero-order chi connectivity index (χ0) is 8.43. The Kier molecular flexibility index (Phi) is 2.51. The van der Waals surface area contributed by atoms with Crippen molar-refractivity contribution in [2.24, 2.45) is 0 Å². The van der Waals surface area contributed by atoms with Gasteiger partial charge >= 0.3 is 0 Å². The zero-order valence-electron chi connectivity index (χ0n) is 7.14. The first-order valence-corrected chi connectivity index (χ1v) is 4.07. The second kappa shape index (κ2) is 3.23. The molecular weight excluding hydrogens is 155 g/mol. The molecule has 0 saturated carbocycles. The predicted molar refractivity (Wildman–Crippen MR) is 51.0 cm³/mol. The minimum Gasteiger partial charge on any atom is -0.480 e. The number of benzene rings is 1. The molecule has 0 aliphatic carbocycles. The van der Waals surface area contributed by atoms with Gasteiger partial charge in [-0.25, -0.2) is 0 Å². The fourth-order valence-electron chi connectivity index (χ4n) is 1.06. The average Bonchev–Trinajstić information content (AvgIpc) is 2.01. The topological polar surface area (TPSA) is 9.23 Å². The molecule has 1 aromatic carbocycles. The average molecular weight is 168 g/mol. The lowest BCUT2D eigenvalue weighted by Gasteiger charge is -2.08. The van der Waals surface area contributed by atoms with Crippen LogP contribution >= 0.6 is 9.47 Å². The molecule has 0 aliphatic heterocycles. The highest BCUT2D eigenvalue weighted by Gasteiger charge is 2.01. The van der Waals surface area contributed by atoms with Crippen LogP contribution in [0.3, 0.4) is 0 Å². The largest absolute Gasteiger partial charge is 0.480 e. The minimum atomic E-state index is 0.943. The summed E-state index contributed by atoms with van der Waals surface area (Å²) in [6.07, 6.45) is 0. The van der Waals surface area contributed by atoms with Crippen molar-refractivity contribution in [3.63, 3.8) is 0 Å². The van der Waals surface area contributed by atoms with Gasteiger partial charge in [0.05, 0.1) is 9.47 Å². The quantitative estimate of drug-likeness (QED) is 0.586. The summed E-state index contributed by atoms with van der Waals surface area (Å²) in [5, 5.41) is 0. The lowest BCUT2D eigenvalue weighted by atomic mass is 10.0. The molecule has 11 heavy (non-hydrogen) atoms. The van der Waals surface area contributed by atoms with Gasteiger partial charge in [0.1, 0.15) is 5.75 Å². The summed E-state index contributed by atoms with van der Waals surface area (Å²) < 4.78 is 5.10. The third kappa shape index (κ3) is 1.54. The molecule has 1 rings (SSSR count). The van der Waals surface area contributed by atoms with Gasteiger partial charge in [0.25, 0.3) is 0 Å². The van der Waals surface area contributed by atoms with E-state index in [4.69, 9.17) is 4.52 Å². The monoisotopic (exact) mass is 168 g/mol.